The van der Waals surface area contributed by atoms with Crippen LogP contribution in [0.25, 0.3) is 0 Å². The summed E-state index contributed by atoms with van der Waals surface area (Å²) in [5.41, 5.74) is 0. The molecule has 0 unspecified atom stereocenters. The summed E-state index contributed by atoms with van der Waals surface area (Å²) < 4.78 is 34.0. The predicted octanol–water partition coefficient (Wildman–Crippen LogP) is -4.76. The molecular weight excluding hydrogens is 267 g/mol. The molecule has 47 valence electrons. The van der Waals surface area contributed by atoms with Gasteiger partial charge in [-0.3, -0.25) is 0 Å². The first-order valence-corrected chi connectivity index (χ1v) is 1.85. The quantitative estimate of drug-likeness (QED) is 0.412. The fraction of sp³-hybridized carbons (Fsp3) is 0. The third-order valence-corrected chi connectivity index (χ3v) is 0. The zero-order chi connectivity index (χ0) is 4.50. The first-order valence-electron chi connectivity index (χ1n) is 0.617. The number of hydrogen-bond acceptors (Lipinski definition) is 4. The standard InChI is InChI=1S/ClHO4.3Fe/c2-1(3,4)5;;;/h(H,2,3,4,5);;;/q;3*+3/p-1. The Morgan fingerprint density at radius 2 is 0.625 bits per heavy atom. The first kappa shape index (κ1) is 22.6. The third-order valence-electron chi connectivity index (χ3n) is 0. The molecule has 0 heterocycles. The molecule has 3 radical (unpaired) electrons. The average Bonchev–Trinajstić information content (AvgIpc) is 0.722. The minimum Gasteiger partial charge on any atom is -0.222 e. The van der Waals surface area contributed by atoms with E-state index in [2.05, 4.69) is 0 Å². The van der Waals surface area contributed by atoms with Crippen LogP contribution >= 0.6 is 0 Å². The van der Waals surface area contributed by atoms with Crippen molar-refractivity contribution in [2.24, 2.45) is 0 Å². The van der Waals surface area contributed by atoms with Crippen molar-refractivity contribution in [1.29, 1.82) is 0 Å². The Hall–Kier alpha value is 1.69. The molecule has 0 aromatic heterocycles. The summed E-state index contributed by atoms with van der Waals surface area (Å²) in [4.78, 5) is 0. The Balaban J connectivity index is -0.0000000267. The topological polar surface area (TPSA) is 92.2 Å². The molecule has 0 amide bonds. The zero-order valence-corrected chi connectivity index (χ0v) is 7.14. The van der Waals surface area contributed by atoms with E-state index >= 15 is 0 Å². The fourth-order valence-corrected chi connectivity index (χ4v) is 0. The molecule has 0 aliphatic carbocycles. The monoisotopic (exact) mass is 267 g/mol. The predicted molar refractivity (Wildman–Crippen MR) is 0 cm³/mol. The van der Waals surface area contributed by atoms with Crippen LogP contribution in [0.3, 0.4) is 0 Å². The van der Waals surface area contributed by atoms with Gasteiger partial charge in [0.15, 0.2) is 0 Å². The van der Waals surface area contributed by atoms with E-state index in [4.69, 9.17) is 18.6 Å². The maximum Gasteiger partial charge on any atom is 3.00 e. The van der Waals surface area contributed by atoms with Crippen LogP contribution in [0.1, 0.15) is 0 Å². The van der Waals surface area contributed by atoms with Crippen LogP contribution in [-0.2, 0) is 51.2 Å². The van der Waals surface area contributed by atoms with E-state index < -0.39 is 10.2 Å². The van der Waals surface area contributed by atoms with Gasteiger partial charge in [0, 0.05) is 0 Å². The summed E-state index contributed by atoms with van der Waals surface area (Å²) in [5.74, 6) is 0. The molecule has 8 heavy (non-hydrogen) atoms. The van der Waals surface area contributed by atoms with Gasteiger partial charge in [-0.2, -0.15) is 0 Å². The van der Waals surface area contributed by atoms with Crippen molar-refractivity contribution < 1.29 is 80.1 Å². The molecule has 0 spiro atoms. The van der Waals surface area contributed by atoms with Gasteiger partial charge < -0.3 is 0 Å². The van der Waals surface area contributed by atoms with Crippen LogP contribution in [0.5, 0.6) is 0 Å². The molecule has 4 nitrogen and oxygen atoms in total. The van der Waals surface area contributed by atoms with Crippen LogP contribution in [-0.4, -0.2) is 0 Å². The summed E-state index contributed by atoms with van der Waals surface area (Å²) in [6.45, 7) is 0. The summed E-state index contributed by atoms with van der Waals surface area (Å²) in [6, 6.07) is 0. The molecule has 0 fully saturated rings. The van der Waals surface area contributed by atoms with E-state index in [0.717, 1.165) is 0 Å². The Morgan fingerprint density at radius 3 is 0.625 bits per heavy atom. The fourth-order valence-electron chi connectivity index (χ4n) is 0. The van der Waals surface area contributed by atoms with Gasteiger partial charge in [0.05, 0.1) is 0 Å². The molecule has 0 aromatic rings. The van der Waals surface area contributed by atoms with Crippen LogP contribution in [0.15, 0.2) is 0 Å². The number of halogens is 1. The second-order valence-electron chi connectivity index (χ2n) is 0.378. The van der Waals surface area contributed by atoms with Crippen LogP contribution in [0.2, 0.25) is 0 Å². The SMILES string of the molecule is [Fe+3].[Fe+3].[Fe+3].[O-][Cl+3]([O-])([O-])[O-]. The molecule has 0 saturated heterocycles. The second kappa shape index (κ2) is 8.69. The van der Waals surface area contributed by atoms with E-state index in [0.29, 0.717) is 0 Å². The Bertz CT molecular complexity index is 26.8. The summed E-state index contributed by atoms with van der Waals surface area (Å²) >= 11 is 0. The zero-order valence-electron chi connectivity index (χ0n) is 3.07. The van der Waals surface area contributed by atoms with Gasteiger partial charge in [-0.05, 0) is 0 Å². The average molecular weight is 267 g/mol. The van der Waals surface area contributed by atoms with Gasteiger partial charge in [-0.15, -0.1) is 10.2 Å². The molecule has 0 aromatic carbocycles. The van der Waals surface area contributed by atoms with Crippen molar-refractivity contribution in [2.45, 2.75) is 0 Å². The Kier molecular flexibility index (Phi) is 24.5. The second-order valence-corrected chi connectivity index (χ2v) is 1.13. The minimum absolute atomic E-state index is 0. The van der Waals surface area contributed by atoms with Crippen LogP contribution < -0.4 is 18.6 Å². The van der Waals surface area contributed by atoms with Crippen molar-refractivity contribution in [3.05, 3.63) is 0 Å². The summed E-state index contributed by atoms with van der Waals surface area (Å²) in [5, 5.41) is 0. The van der Waals surface area contributed by atoms with Gasteiger partial charge in [0.25, 0.3) is 0 Å². The molecule has 0 rings (SSSR count). The summed E-state index contributed by atoms with van der Waals surface area (Å²) in [6.07, 6.45) is 0. The van der Waals surface area contributed by atoms with Crippen molar-refractivity contribution in [3.8, 4) is 0 Å². The van der Waals surface area contributed by atoms with Crippen molar-refractivity contribution >= 4 is 0 Å². The molecule has 0 bridgehead atoms. The number of hydrogen-bond donors (Lipinski definition) is 0. The maximum absolute atomic E-state index is 8.49. The van der Waals surface area contributed by atoms with E-state index in [1.807, 2.05) is 0 Å². The van der Waals surface area contributed by atoms with Crippen LogP contribution in [0, 0.1) is 10.2 Å². The van der Waals surface area contributed by atoms with Crippen molar-refractivity contribution in [1.82, 2.24) is 0 Å². The van der Waals surface area contributed by atoms with E-state index in [1.165, 1.54) is 0 Å². The first-order chi connectivity index (χ1) is 2.00. The molecule has 8 heteroatoms. The van der Waals surface area contributed by atoms with Crippen LogP contribution in [0.4, 0.5) is 0 Å². The van der Waals surface area contributed by atoms with Crippen molar-refractivity contribution in [3.63, 3.8) is 0 Å². The smallest absolute Gasteiger partial charge is 0.222 e. The molecule has 0 N–H and O–H groups in total. The van der Waals surface area contributed by atoms with E-state index in [9.17, 15) is 0 Å². The van der Waals surface area contributed by atoms with Gasteiger partial charge in [0.1, 0.15) is 0 Å². The molecule has 0 atom stereocenters. The normalized spacial score (nSPS) is 7.50. The number of rotatable bonds is 0. The molecular formula is ClFe3O4+8. The largest absolute Gasteiger partial charge is 3.00 e. The van der Waals surface area contributed by atoms with Gasteiger partial charge in [-0.1, -0.05) is 0 Å². The summed E-state index contributed by atoms with van der Waals surface area (Å²) in [7, 11) is -4.94. The van der Waals surface area contributed by atoms with Gasteiger partial charge >= 0.3 is 51.2 Å². The van der Waals surface area contributed by atoms with E-state index in [1.54, 1.807) is 0 Å². The van der Waals surface area contributed by atoms with Gasteiger partial charge in [-0.25, -0.2) is 18.6 Å². The third kappa shape index (κ3) is 121. The Labute approximate surface area is 79.8 Å². The van der Waals surface area contributed by atoms with Crippen molar-refractivity contribution in [2.75, 3.05) is 0 Å². The molecule has 0 aliphatic heterocycles. The molecule has 0 saturated carbocycles. The molecule has 0 aliphatic rings. The van der Waals surface area contributed by atoms with E-state index in [-0.39, 0.29) is 51.2 Å². The van der Waals surface area contributed by atoms with Gasteiger partial charge in [0.2, 0.25) is 0 Å². The Morgan fingerprint density at radius 1 is 0.625 bits per heavy atom. The maximum atomic E-state index is 8.49. The minimum atomic E-state index is -4.94.